The quantitative estimate of drug-likeness (QED) is 0.147. The Hall–Kier alpha value is -2.44. The molecule has 1 saturated heterocycles. The molecule has 1 heterocycles. The summed E-state index contributed by atoms with van der Waals surface area (Å²) < 4.78 is 102. The van der Waals surface area contributed by atoms with Crippen molar-refractivity contribution in [2.75, 3.05) is 0 Å². The van der Waals surface area contributed by atoms with Crippen molar-refractivity contribution in [3.63, 3.8) is 0 Å². The van der Waals surface area contributed by atoms with Crippen molar-refractivity contribution in [3.05, 3.63) is 91.0 Å². The maximum absolute atomic E-state index is 14.6. The van der Waals surface area contributed by atoms with Gasteiger partial charge in [0.05, 0.1) is 23.1 Å². The van der Waals surface area contributed by atoms with E-state index in [1.54, 1.807) is 0 Å². The van der Waals surface area contributed by atoms with E-state index in [4.69, 9.17) is 9.47 Å². The maximum Gasteiger partial charge on any atom is 0.396 e. The topological polar surface area (TPSA) is 75.7 Å². The Morgan fingerprint density at radius 2 is 1.08 bits per heavy atom. The first-order chi connectivity index (χ1) is 22.9. The van der Waals surface area contributed by atoms with Crippen LogP contribution in [0.25, 0.3) is 0 Å². The molecule has 1 aliphatic heterocycles. The van der Waals surface area contributed by atoms with Crippen molar-refractivity contribution in [1.29, 1.82) is 0 Å². The molecule has 256 valence electrons. The molecule has 7 aliphatic rings. The lowest BCUT2D eigenvalue weighted by atomic mass is 9.53. The third-order valence-electron chi connectivity index (χ3n) is 11.9. The van der Waals surface area contributed by atoms with Gasteiger partial charge in [0.2, 0.25) is 0 Å². The summed E-state index contributed by atoms with van der Waals surface area (Å²) in [5.41, 5.74) is 0. The number of rotatable bonds is 6. The molecular formula is C37H38F4O5S2. The fourth-order valence-corrected chi connectivity index (χ4v) is 12.7. The number of fused-ring (bicyclic) bond motifs is 5. The smallest absolute Gasteiger partial charge is 0.396 e. The van der Waals surface area contributed by atoms with Crippen LogP contribution in [0, 0.1) is 41.4 Å². The predicted molar refractivity (Wildman–Crippen MR) is 170 cm³/mol. The second-order valence-corrected chi connectivity index (χ2v) is 18.0. The zero-order valence-electron chi connectivity index (χ0n) is 26.2. The van der Waals surface area contributed by atoms with E-state index < -0.39 is 51.1 Å². The van der Waals surface area contributed by atoms with Gasteiger partial charge in [0, 0.05) is 17.8 Å². The second kappa shape index (κ2) is 11.8. The van der Waals surface area contributed by atoms with Gasteiger partial charge in [0.15, 0.2) is 30.6 Å². The van der Waals surface area contributed by atoms with Crippen molar-refractivity contribution >= 4 is 21.0 Å². The molecule has 0 amide bonds. The van der Waals surface area contributed by atoms with E-state index in [1.165, 1.54) is 21.1 Å². The van der Waals surface area contributed by atoms with E-state index in [9.17, 15) is 30.5 Å². The molecule has 0 aromatic heterocycles. The Labute approximate surface area is 281 Å². The molecule has 11 heteroatoms. The van der Waals surface area contributed by atoms with Crippen LogP contribution in [0.1, 0.15) is 44.9 Å². The van der Waals surface area contributed by atoms with Gasteiger partial charge in [-0.05, 0) is 105 Å². The van der Waals surface area contributed by atoms with Gasteiger partial charge >= 0.3 is 11.2 Å². The van der Waals surface area contributed by atoms with Gasteiger partial charge in [0.25, 0.3) is 0 Å². The van der Waals surface area contributed by atoms with Crippen LogP contribution in [-0.4, -0.2) is 42.1 Å². The first-order valence-electron chi connectivity index (χ1n) is 16.8. The van der Waals surface area contributed by atoms with Crippen molar-refractivity contribution in [3.8, 4) is 0 Å². The first-order valence-corrected chi connectivity index (χ1v) is 19.5. The standard InChI is InChI=1S/C19H24F4O5S.C18H15S/c20-18(21,19(22,23)29(24,25)26)14-7-10-6-13(14)16-15(10)27-17(28-16)11-2-8-1-9(4-11)5-12(17)3-8;1-4-10-16(11-5-1)19(17-12-6-2-7-13-17)18-14-8-3-9-15-18/h8-16H,1-7H2,(H,24,25,26);1-15H/q;+1/p-1. The Balaban J connectivity index is 0.000000154. The lowest BCUT2D eigenvalue weighted by Gasteiger charge is -2.58. The Bertz CT molecular complexity index is 1600. The SMILES string of the molecule is O=S(=O)([O-])C(F)(F)C(F)(F)C1CC2CC1C1OC3(OC21)C1CC2CC(C1)CC3C2.c1ccc([S+](c2ccccc2)c2ccccc2)cc1. The van der Waals surface area contributed by atoms with Crippen molar-refractivity contribution < 1.29 is 40.0 Å². The van der Waals surface area contributed by atoms with E-state index in [2.05, 4.69) is 91.0 Å². The summed E-state index contributed by atoms with van der Waals surface area (Å²) in [5.74, 6) is -7.18. The summed E-state index contributed by atoms with van der Waals surface area (Å²) in [7, 11) is -6.50. The van der Waals surface area contributed by atoms with Gasteiger partial charge in [-0.3, -0.25) is 0 Å². The third kappa shape index (κ3) is 5.17. The monoisotopic (exact) mass is 702 g/mol. The van der Waals surface area contributed by atoms with Crippen molar-refractivity contribution in [2.45, 2.75) is 88.8 Å². The fourth-order valence-electron chi connectivity index (χ4n) is 10.1. The molecule has 3 aromatic carbocycles. The molecule has 3 aromatic rings. The van der Waals surface area contributed by atoms with Crippen LogP contribution >= 0.6 is 0 Å². The minimum absolute atomic E-state index is 0.0146. The van der Waals surface area contributed by atoms with Crippen LogP contribution in [0.3, 0.4) is 0 Å². The predicted octanol–water partition coefficient (Wildman–Crippen LogP) is 8.13. The number of hydrogen-bond acceptors (Lipinski definition) is 5. The molecule has 6 saturated carbocycles. The number of halogens is 4. The molecule has 48 heavy (non-hydrogen) atoms. The number of alkyl halides is 4. The highest BCUT2D eigenvalue weighted by molar-refractivity contribution is 7.97. The Morgan fingerprint density at radius 1 is 0.646 bits per heavy atom. The van der Waals surface area contributed by atoms with E-state index in [-0.39, 0.29) is 41.5 Å². The number of hydrogen-bond donors (Lipinski definition) is 0. The summed E-state index contributed by atoms with van der Waals surface area (Å²) in [4.78, 5) is 4.08. The van der Waals surface area contributed by atoms with Crippen LogP contribution in [0.2, 0.25) is 0 Å². The molecule has 5 atom stereocenters. The second-order valence-electron chi connectivity index (χ2n) is 14.5. The number of benzene rings is 3. The zero-order valence-corrected chi connectivity index (χ0v) is 27.8. The first kappa shape index (κ1) is 32.7. The van der Waals surface area contributed by atoms with Gasteiger partial charge in [-0.25, -0.2) is 8.42 Å². The molecule has 6 aliphatic carbocycles. The summed E-state index contributed by atoms with van der Waals surface area (Å²) in [6.07, 6.45) is 4.04. The molecule has 5 nitrogen and oxygen atoms in total. The largest absolute Gasteiger partial charge is 0.743 e. The molecular weight excluding hydrogens is 665 g/mol. The highest BCUT2D eigenvalue weighted by Gasteiger charge is 2.75. The summed E-state index contributed by atoms with van der Waals surface area (Å²) in [6.45, 7) is 0. The van der Waals surface area contributed by atoms with Crippen LogP contribution in [0.5, 0.6) is 0 Å². The molecule has 6 bridgehead atoms. The Morgan fingerprint density at radius 3 is 1.52 bits per heavy atom. The maximum atomic E-state index is 14.6. The average molecular weight is 703 g/mol. The summed E-state index contributed by atoms with van der Waals surface area (Å²) in [6, 6.07) is 32.2. The molecule has 1 spiro atoms. The summed E-state index contributed by atoms with van der Waals surface area (Å²) >= 11 is 0. The highest BCUT2D eigenvalue weighted by atomic mass is 32.2. The van der Waals surface area contributed by atoms with Crippen LogP contribution in [-0.2, 0) is 30.5 Å². The van der Waals surface area contributed by atoms with Gasteiger partial charge in [-0.15, -0.1) is 0 Å². The molecule has 10 rings (SSSR count). The normalized spacial score (nSPS) is 36.3. The van der Waals surface area contributed by atoms with Crippen molar-refractivity contribution in [2.24, 2.45) is 41.4 Å². The van der Waals surface area contributed by atoms with Gasteiger partial charge in [-0.1, -0.05) is 54.6 Å². The van der Waals surface area contributed by atoms with Gasteiger partial charge < -0.3 is 14.0 Å². The lowest BCUT2D eigenvalue weighted by Crippen LogP contribution is -2.59. The van der Waals surface area contributed by atoms with E-state index >= 15 is 0 Å². The van der Waals surface area contributed by atoms with Crippen LogP contribution in [0.4, 0.5) is 17.6 Å². The molecule has 7 fully saturated rings. The van der Waals surface area contributed by atoms with E-state index in [1.807, 2.05) is 0 Å². The lowest BCUT2D eigenvalue weighted by molar-refractivity contribution is -0.304. The van der Waals surface area contributed by atoms with Gasteiger partial charge in [-0.2, -0.15) is 17.6 Å². The summed E-state index contributed by atoms with van der Waals surface area (Å²) in [5, 5.41) is -5.63. The highest BCUT2D eigenvalue weighted by Crippen LogP contribution is 2.68. The minimum Gasteiger partial charge on any atom is -0.743 e. The van der Waals surface area contributed by atoms with Crippen LogP contribution in [0.15, 0.2) is 106 Å². The fraction of sp³-hybridized carbons (Fsp3) is 0.514. The minimum atomic E-state index is -6.48. The third-order valence-corrected chi connectivity index (χ3v) is 15.0. The Kier molecular flexibility index (Phi) is 8.07. The van der Waals surface area contributed by atoms with E-state index in [0.29, 0.717) is 11.8 Å². The van der Waals surface area contributed by atoms with Gasteiger partial charge in [0.1, 0.15) is 0 Å². The molecule has 5 unspecified atom stereocenters. The average Bonchev–Trinajstić information content (AvgIpc) is 3.77. The zero-order chi connectivity index (χ0) is 33.5. The number of ether oxygens (including phenoxy) is 2. The van der Waals surface area contributed by atoms with E-state index in [0.717, 1.165) is 25.7 Å². The van der Waals surface area contributed by atoms with Crippen LogP contribution < -0.4 is 0 Å². The van der Waals surface area contributed by atoms with Crippen molar-refractivity contribution in [1.82, 2.24) is 0 Å². The molecule has 0 N–H and O–H groups in total. The molecule has 0 radical (unpaired) electrons.